The molecule has 3 aromatic carbocycles. The summed E-state index contributed by atoms with van der Waals surface area (Å²) in [4.78, 5) is 43.9. The molecular formula is C47H67N3O6. The van der Waals surface area contributed by atoms with E-state index in [0.717, 1.165) is 13.7 Å². The first-order valence-electron chi connectivity index (χ1n) is 19.8. The molecule has 0 radical (unpaired) electrons. The Morgan fingerprint density at radius 3 is 0.839 bits per heavy atom. The standard InChI is InChI=1S/C47H67N3O6/c1-27(2)31-18-28(19-32(37(31)51)43(3,4)5)24-48-40(54)49(25-29-20-33(44(6,7)8)38(52)34(21-29)45(9,10)11)42(56)50(41(48)55)26-30-22-35(46(12,13)14)39(53)36(23-30)47(15,16)17/h18-23,27,51-53H,24-26H2,1-17H3. The lowest BCUT2D eigenvalue weighted by molar-refractivity contribution is 0.421. The maximum atomic E-state index is 14.6. The summed E-state index contributed by atoms with van der Waals surface area (Å²) in [6.07, 6.45) is 0. The highest BCUT2D eigenvalue weighted by Crippen LogP contribution is 2.42. The number of hydrogen-bond acceptors (Lipinski definition) is 6. The zero-order valence-electron chi connectivity index (χ0n) is 37.1. The lowest BCUT2D eigenvalue weighted by Crippen LogP contribution is -2.55. The molecule has 9 heteroatoms. The highest BCUT2D eigenvalue weighted by molar-refractivity contribution is 5.52. The largest absolute Gasteiger partial charge is 0.507 e. The van der Waals surface area contributed by atoms with E-state index in [4.69, 9.17) is 0 Å². The molecule has 3 N–H and O–H groups in total. The van der Waals surface area contributed by atoms with E-state index in [2.05, 4.69) is 0 Å². The van der Waals surface area contributed by atoms with Gasteiger partial charge < -0.3 is 15.3 Å². The van der Waals surface area contributed by atoms with Crippen LogP contribution in [0.15, 0.2) is 50.8 Å². The summed E-state index contributed by atoms with van der Waals surface area (Å²) in [5.41, 5.74) is 1.60. The number of benzene rings is 3. The number of hydrogen-bond donors (Lipinski definition) is 3. The third kappa shape index (κ3) is 9.03. The van der Waals surface area contributed by atoms with E-state index in [9.17, 15) is 29.7 Å². The van der Waals surface area contributed by atoms with E-state index in [1.165, 1.54) is 0 Å². The van der Waals surface area contributed by atoms with Crippen molar-refractivity contribution in [1.29, 1.82) is 0 Å². The van der Waals surface area contributed by atoms with Crippen LogP contribution >= 0.6 is 0 Å². The molecule has 0 atom stereocenters. The van der Waals surface area contributed by atoms with Crippen LogP contribution in [0.2, 0.25) is 0 Å². The highest BCUT2D eigenvalue weighted by Gasteiger charge is 2.30. The number of phenolic OH excluding ortho intramolecular Hbond substituents is 3. The van der Waals surface area contributed by atoms with Crippen molar-refractivity contribution in [3.63, 3.8) is 0 Å². The number of nitrogens with zero attached hydrogens (tertiary/aromatic N) is 3. The lowest BCUT2D eigenvalue weighted by Gasteiger charge is -2.28. The maximum absolute atomic E-state index is 14.6. The molecule has 0 saturated heterocycles. The van der Waals surface area contributed by atoms with E-state index in [-0.39, 0.29) is 42.8 Å². The molecule has 4 aromatic rings. The first-order chi connectivity index (χ1) is 25.2. The zero-order valence-corrected chi connectivity index (χ0v) is 37.1. The van der Waals surface area contributed by atoms with Gasteiger partial charge in [-0.25, -0.2) is 28.1 Å². The second-order valence-corrected chi connectivity index (χ2v) is 21.2. The molecule has 1 aromatic heterocycles. The van der Waals surface area contributed by atoms with Crippen LogP contribution in [0.3, 0.4) is 0 Å². The van der Waals surface area contributed by atoms with Crippen molar-refractivity contribution in [3.05, 3.63) is 118 Å². The van der Waals surface area contributed by atoms with Gasteiger partial charge in [0.15, 0.2) is 0 Å². The Hall–Kier alpha value is -4.53. The van der Waals surface area contributed by atoms with Crippen LogP contribution < -0.4 is 17.1 Å². The number of aromatic nitrogens is 3. The van der Waals surface area contributed by atoms with Crippen molar-refractivity contribution in [3.8, 4) is 17.2 Å². The molecular weight excluding hydrogens is 703 g/mol. The van der Waals surface area contributed by atoms with E-state index in [0.29, 0.717) is 50.1 Å². The van der Waals surface area contributed by atoms with Gasteiger partial charge in [0.05, 0.1) is 19.6 Å². The predicted octanol–water partition coefficient (Wildman–Crippen LogP) is 9.04. The molecule has 0 fully saturated rings. The van der Waals surface area contributed by atoms with Crippen LogP contribution in [0.5, 0.6) is 17.2 Å². The van der Waals surface area contributed by atoms with Crippen molar-refractivity contribution >= 4 is 0 Å². The van der Waals surface area contributed by atoms with Gasteiger partial charge >= 0.3 is 17.1 Å². The van der Waals surface area contributed by atoms with E-state index < -0.39 is 44.1 Å². The van der Waals surface area contributed by atoms with Crippen LogP contribution in [-0.2, 0) is 46.7 Å². The lowest BCUT2D eigenvalue weighted by atomic mass is 9.78. The molecule has 0 bridgehead atoms. The Labute approximate surface area is 333 Å². The quantitative estimate of drug-likeness (QED) is 0.172. The third-order valence-electron chi connectivity index (χ3n) is 10.6. The topological polar surface area (TPSA) is 127 Å². The minimum Gasteiger partial charge on any atom is -0.507 e. The molecule has 9 nitrogen and oxygen atoms in total. The van der Waals surface area contributed by atoms with Gasteiger partial charge in [0.25, 0.3) is 0 Å². The van der Waals surface area contributed by atoms with Gasteiger partial charge in [-0.15, -0.1) is 0 Å². The number of phenols is 3. The molecule has 4 rings (SSSR count). The smallest absolute Gasteiger partial charge is 0.336 e. The fourth-order valence-corrected chi connectivity index (χ4v) is 7.32. The SMILES string of the molecule is CC(C)c1cc(Cn2c(=O)n(Cc3cc(C(C)(C)C)c(O)c(C(C)(C)C)c3)c(=O)n(Cc3cc(C(C)(C)C)c(O)c(C(C)(C)C)c3)c2=O)cc(C(C)(C)C)c1O. The van der Waals surface area contributed by atoms with E-state index in [1.807, 2.05) is 154 Å². The molecule has 0 spiro atoms. The van der Waals surface area contributed by atoms with Gasteiger partial charge in [0, 0.05) is 0 Å². The molecule has 56 heavy (non-hydrogen) atoms. The molecule has 0 aliphatic carbocycles. The minimum absolute atomic E-state index is 0.0366. The summed E-state index contributed by atoms with van der Waals surface area (Å²) in [6.45, 7) is 33.6. The van der Waals surface area contributed by atoms with Crippen LogP contribution in [0.4, 0.5) is 0 Å². The number of rotatable bonds is 7. The molecule has 0 saturated carbocycles. The molecule has 0 aliphatic rings. The Balaban J connectivity index is 2.10. The first kappa shape index (κ1) is 44.2. The molecule has 306 valence electrons. The Kier molecular flexibility index (Phi) is 11.6. The second-order valence-electron chi connectivity index (χ2n) is 21.2. The van der Waals surface area contributed by atoms with Gasteiger partial charge in [0.2, 0.25) is 0 Å². The summed E-state index contributed by atoms with van der Waals surface area (Å²) in [5.74, 6) is 0.524. The first-order valence-corrected chi connectivity index (χ1v) is 19.8. The highest BCUT2D eigenvalue weighted by atomic mass is 16.3. The zero-order chi connectivity index (χ0) is 42.8. The van der Waals surface area contributed by atoms with Gasteiger partial charge in [-0.05, 0) is 113 Å². The van der Waals surface area contributed by atoms with Crippen molar-refractivity contribution in [2.45, 2.75) is 170 Å². The van der Waals surface area contributed by atoms with Gasteiger partial charge in [-0.1, -0.05) is 124 Å². The average Bonchev–Trinajstić information content (AvgIpc) is 3.02. The van der Waals surface area contributed by atoms with Crippen molar-refractivity contribution in [2.24, 2.45) is 0 Å². The predicted molar refractivity (Wildman–Crippen MR) is 228 cm³/mol. The summed E-state index contributed by atoms with van der Waals surface area (Å²) in [5, 5.41) is 34.2. The molecule has 0 unspecified atom stereocenters. The normalized spacial score (nSPS) is 13.2. The number of aromatic hydroxyl groups is 3. The summed E-state index contributed by atoms with van der Waals surface area (Å²) < 4.78 is 3.32. The monoisotopic (exact) mass is 770 g/mol. The van der Waals surface area contributed by atoms with Gasteiger partial charge in [-0.2, -0.15) is 0 Å². The van der Waals surface area contributed by atoms with Gasteiger partial charge in [0.1, 0.15) is 17.2 Å². The molecule has 1 heterocycles. The molecule has 0 aliphatic heterocycles. The van der Waals surface area contributed by atoms with Crippen LogP contribution in [0, 0.1) is 0 Å². The second kappa shape index (κ2) is 14.8. The Bertz CT molecular complexity index is 2130. The summed E-state index contributed by atoms with van der Waals surface area (Å²) in [6, 6.07) is 11.0. The summed E-state index contributed by atoms with van der Waals surface area (Å²) in [7, 11) is 0. The average molecular weight is 770 g/mol. The fraction of sp³-hybridized carbons (Fsp3) is 0.553. The Morgan fingerprint density at radius 1 is 0.411 bits per heavy atom. The molecule has 0 amide bonds. The van der Waals surface area contributed by atoms with Crippen molar-refractivity contribution in [1.82, 2.24) is 13.7 Å². The van der Waals surface area contributed by atoms with E-state index in [1.54, 1.807) is 0 Å². The fourth-order valence-electron chi connectivity index (χ4n) is 7.32. The Morgan fingerprint density at radius 2 is 0.625 bits per heavy atom. The summed E-state index contributed by atoms with van der Waals surface area (Å²) >= 11 is 0. The van der Waals surface area contributed by atoms with Crippen LogP contribution in [0.25, 0.3) is 0 Å². The van der Waals surface area contributed by atoms with Crippen LogP contribution in [-0.4, -0.2) is 29.0 Å². The maximum Gasteiger partial charge on any atom is 0.336 e. The van der Waals surface area contributed by atoms with Crippen molar-refractivity contribution in [2.75, 3.05) is 0 Å². The van der Waals surface area contributed by atoms with Crippen LogP contribution in [0.1, 0.15) is 174 Å². The third-order valence-corrected chi connectivity index (χ3v) is 10.6. The van der Waals surface area contributed by atoms with Crippen molar-refractivity contribution < 1.29 is 15.3 Å². The van der Waals surface area contributed by atoms with Gasteiger partial charge in [-0.3, -0.25) is 0 Å². The minimum atomic E-state index is -0.759. The van der Waals surface area contributed by atoms with E-state index >= 15 is 0 Å².